The lowest BCUT2D eigenvalue weighted by molar-refractivity contribution is 0.144. The second-order valence-electron chi connectivity index (χ2n) is 3.98. The molecule has 7 heteroatoms. The molecule has 0 radical (unpaired) electrons. The van der Waals surface area contributed by atoms with Gasteiger partial charge < -0.3 is 4.74 Å². The van der Waals surface area contributed by atoms with Crippen LogP contribution in [0, 0.1) is 0 Å². The van der Waals surface area contributed by atoms with Gasteiger partial charge in [-0.3, -0.25) is 5.32 Å². The number of aliphatic imine (C=N–C) groups is 1. The third-order valence-corrected chi connectivity index (χ3v) is 2.43. The van der Waals surface area contributed by atoms with Gasteiger partial charge in [-0.2, -0.15) is 9.78 Å². The first-order chi connectivity index (χ1) is 10.3. The van der Waals surface area contributed by atoms with Gasteiger partial charge in [-0.25, -0.2) is 14.8 Å². The molecule has 0 saturated carbocycles. The standard InChI is InChI=1S/C14H15N5O2/c1-2-8-16-13(19-11-15-10-17-19)18-14(20)21-9-12-6-4-3-5-7-12/h2-7,10-11H,1,8-9H2,(H,16,18,20). The van der Waals surface area contributed by atoms with Crippen molar-refractivity contribution in [1.82, 2.24) is 20.1 Å². The molecule has 0 atom stereocenters. The van der Waals surface area contributed by atoms with E-state index >= 15 is 0 Å². The van der Waals surface area contributed by atoms with Crippen LogP contribution in [0.1, 0.15) is 5.56 Å². The van der Waals surface area contributed by atoms with E-state index in [-0.39, 0.29) is 12.6 Å². The van der Waals surface area contributed by atoms with Gasteiger partial charge in [0, 0.05) is 0 Å². The first-order valence-electron chi connectivity index (χ1n) is 6.27. The van der Waals surface area contributed by atoms with Gasteiger partial charge in [0.25, 0.3) is 0 Å². The summed E-state index contributed by atoms with van der Waals surface area (Å²) in [6.45, 7) is 4.09. The largest absolute Gasteiger partial charge is 0.444 e. The highest BCUT2D eigenvalue weighted by molar-refractivity contribution is 5.94. The minimum absolute atomic E-state index is 0.179. The van der Waals surface area contributed by atoms with Crippen LogP contribution in [0.3, 0.4) is 0 Å². The normalized spacial score (nSPS) is 11.0. The van der Waals surface area contributed by atoms with E-state index in [1.165, 1.54) is 17.3 Å². The molecule has 0 unspecified atom stereocenters. The molecule has 1 N–H and O–H groups in total. The van der Waals surface area contributed by atoms with Crippen molar-refractivity contribution in [3.05, 3.63) is 61.2 Å². The molecule has 2 aromatic rings. The van der Waals surface area contributed by atoms with Gasteiger partial charge in [0.1, 0.15) is 19.3 Å². The fourth-order valence-electron chi connectivity index (χ4n) is 1.49. The second kappa shape index (κ2) is 7.59. The van der Waals surface area contributed by atoms with Crippen LogP contribution in [0.15, 0.2) is 60.6 Å². The molecular formula is C14H15N5O2. The van der Waals surface area contributed by atoms with Gasteiger partial charge in [0.05, 0.1) is 6.54 Å². The smallest absolute Gasteiger partial charge is 0.414 e. The Balaban J connectivity index is 1.94. The van der Waals surface area contributed by atoms with Crippen LogP contribution in [-0.2, 0) is 11.3 Å². The number of hydrogen-bond donors (Lipinski definition) is 1. The molecule has 2 rings (SSSR count). The summed E-state index contributed by atoms with van der Waals surface area (Å²) in [5.74, 6) is 0.227. The highest BCUT2D eigenvalue weighted by atomic mass is 16.5. The predicted molar refractivity (Wildman–Crippen MR) is 77.7 cm³/mol. The van der Waals surface area contributed by atoms with Crippen LogP contribution in [-0.4, -0.2) is 33.4 Å². The monoisotopic (exact) mass is 285 g/mol. The maximum Gasteiger partial charge on any atom is 0.414 e. The Morgan fingerprint density at radius 3 is 2.90 bits per heavy atom. The van der Waals surface area contributed by atoms with Gasteiger partial charge in [-0.1, -0.05) is 36.4 Å². The molecule has 1 amide bonds. The lowest BCUT2D eigenvalue weighted by atomic mass is 10.2. The van der Waals surface area contributed by atoms with Crippen LogP contribution < -0.4 is 5.32 Å². The van der Waals surface area contributed by atoms with E-state index in [4.69, 9.17) is 4.74 Å². The van der Waals surface area contributed by atoms with Crippen LogP contribution in [0.25, 0.3) is 0 Å². The van der Waals surface area contributed by atoms with Crippen molar-refractivity contribution in [1.29, 1.82) is 0 Å². The molecule has 0 saturated heterocycles. The Morgan fingerprint density at radius 2 is 2.24 bits per heavy atom. The SMILES string of the molecule is C=CCN=C(NC(=O)OCc1ccccc1)n1cncn1. The second-order valence-corrected chi connectivity index (χ2v) is 3.98. The van der Waals surface area contributed by atoms with E-state index in [9.17, 15) is 4.79 Å². The van der Waals surface area contributed by atoms with E-state index in [1.807, 2.05) is 30.3 Å². The van der Waals surface area contributed by atoms with Crippen molar-refractivity contribution in [2.24, 2.45) is 4.99 Å². The summed E-state index contributed by atoms with van der Waals surface area (Å²) in [5.41, 5.74) is 0.901. The summed E-state index contributed by atoms with van der Waals surface area (Å²) in [6.07, 6.45) is 3.77. The summed E-state index contributed by atoms with van der Waals surface area (Å²) in [7, 11) is 0. The number of carbonyl (C=O) groups is 1. The van der Waals surface area contributed by atoms with Crippen LogP contribution >= 0.6 is 0 Å². The zero-order valence-electron chi connectivity index (χ0n) is 11.3. The first-order valence-corrected chi connectivity index (χ1v) is 6.27. The van der Waals surface area contributed by atoms with Crippen molar-refractivity contribution in [3.63, 3.8) is 0 Å². The van der Waals surface area contributed by atoms with E-state index in [0.29, 0.717) is 6.54 Å². The molecule has 1 aromatic heterocycles. The Labute approximate surface area is 122 Å². The Morgan fingerprint density at radius 1 is 1.43 bits per heavy atom. The van der Waals surface area contributed by atoms with Gasteiger partial charge >= 0.3 is 6.09 Å². The molecule has 0 spiro atoms. The molecule has 0 aliphatic rings. The highest BCUT2D eigenvalue weighted by Crippen LogP contribution is 2.00. The quantitative estimate of drug-likeness (QED) is 0.525. The Kier molecular flexibility index (Phi) is 5.22. The number of carbonyl (C=O) groups excluding carboxylic acids is 1. The number of amides is 1. The fourth-order valence-corrected chi connectivity index (χ4v) is 1.49. The van der Waals surface area contributed by atoms with Gasteiger partial charge in [-0.15, -0.1) is 6.58 Å². The maximum absolute atomic E-state index is 11.8. The summed E-state index contributed by atoms with van der Waals surface area (Å²) in [6, 6.07) is 9.40. The number of aromatic nitrogens is 3. The third-order valence-electron chi connectivity index (χ3n) is 2.43. The lowest BCUT2D eigenvalue weighted by Crippen LogP contribution is -2.36. The summed E-state index contributed by atoms with van der Waals surface area (Å²) >= 11 is 0. The molecule has 21 heavy (non-hydrogen) atoms. The third kappa shape index (κ3) is 4.57. The van der Waals surface area contributed by atoms with Crippen molar-refractivity contribution in [2.45, 2.75) is 6.61 Å². The number of hydrogen-bond acceptors (Lipinski definition) is 5. The van der Waals surface area contributed by atoms with Crippen molar-refractivity contribution in [3.8, 4) is 0 Å². The number of ether oxygens (including phenoxy) is 1. The van der Waals surface area contributed by atoms with E-state index in [1.54, 1.807) is 6.08 Å². The molecule has 1 aromatic carbocycles. The average Bonchev–Trinajstić information content (AvgIpc) is 3.04. The zero-order valence-corrected chi connectivity index (χ0v) is 11.3. The molecule has 1 heterocycles. The number of benzene rings is 1. The minimum Gasteiger partial charge on any atom is -0.444 e. The average molecular weight is 285 g/mol. The van der Waals surface area contributed by atoms with Crippen LogP contribution in [0.5, 0.6) is 0 Å². The number of alkyl carbamates (subject to hydrolysis) is 1. The van der Waals surface area contributed by atoms with Gasteiger partial charge in [0.2, 0.25) is 5.96 Å². The molecule has 0 fully saturated rings. The predicted octanol–water partition coefficient (Wildman–Crippen LogP) is 1.59. The Bertz CT molecular complexity index is 608. The number of nitrogens with one attached hydrogen (secondary N) is 1. The van der Waals surface area contributed by atoms with Crippen LogP contribution in [0.2, 0.25) is 0 Å². The first kappa shape index (κ1) is 14.4. The van der Waals surface area contributed by atoms with Crippen molar-refractivity contribution < 1.29 is 9.53 Å². The number of rotatable bonds is 4. The van der Waals surface area contributed by atoms with Crippen molar-refractivity contribution >= 4 is 12.1 Å². The van der Waals surface area contributed by atoms with E-state index < -0.39 is 6.09 Å². The van der Waals surface area contributed by atoms with E-state index in [0.717, 1.165) is 5.56 Å². The summed E-state index contributed by atoms with van der Waals surface area (Å²) in [5, 5.41) is 6.44. The Hall–Kier alpha value is -2.96. The molecule has 0 bridgehead atoms. The molecule has 7 nitrogen and oxygen atoms in total. The summed E-state index contributed by atoms with van der Waals surface area (Å²) in [4.78, 5) is 19.7. The molecule has 0 aliphatic heterocycles. The topological polar surface area (TPSA) is 81.4 Å². The zero-order chi connectivity index (χ0) is 14.9. The molecule has 108 valence electrons. The summed E-state index contributed by atoms with van der Waals surface area (Å²) < 4.78 is 6.46. The van der Waals surface area contributed by atoms with Gasteiger partial charge in [-0.05, 0) is 5.56 Å². The molecule has 0 aliphatic carbocycles. The fraction of sp³-hybridized carbons (Fsp3) is 0.143. The minimum atomic E-state index is -0.614. The van der Waals surface area contributed by atoms with Gasteiger partial charge in [0.15, 0.2) is 0 Å². The molecular weight excluding hydrogens is 270 g/mol. The van der Waals surface area contributed by atoms with E-state index in [2.05, 4.69) is 27.0 Å². The lowest BCUT2D eigenvalue weighted by Gasteiger charge is -2.09. The maximum atomic E-state index is 11.8. The van der Waals surface area contributed by atoms with Crippen LogP contribution in [0.4, 0.5) is 4.79 Å². The van der Waals surface area contributed by atoms with Crippen molar-refractivity contribution in [2.75, 3.05) is 6.54 Å². The highest BCUT2D eigenvalue weighted by Gasteiger charge is 2.09. The number of nitrogens with zero attached hydrogens (tertiary/aromatic N) is 4.